The SMILES string of the molecule is Fc1ccc(-n2ncc(Br)n2)cc1. The number of nitrogens with zero attached hydrogens (tertiary/aromatic N) is 3. The first-order valence-electron chi connectivity index (χ1n) is 3.59. The van der Waals surface area contributed by atoms with E-state index in [9.17, 15) is 4.39 Å². The molecule has 1 aromatic carbocycles. The molecule has 0 aliphatic heterocycles. The first kappa shape index (κ1) is 8.37. The van der Waals surface area contributed by atoms with Crippen molar-refractivity contribution in [2.45, 2.75) is 0 Å². The van der Waals surface area contributed by atoms with Crippen molar-refractivity contribution >= 4 is 15.9 Å². The van der Waals surface area contributed by atoms with E-state index in [4.69, 9.17) is 0 Å². The molecule has 0 amide bonds. The van der Waals surface area contributed by atoms with Gasteiger partial charge in [-0.15, -0.1) is 5.10 Å². The van der Waals surface area contributed by atoms with E-state index in [0.29, 0.717) is 4.60 Å². The van der Waals surface area contributed by atoms with Gasteiger partial charge in [0, 0.05) is 0 Å². The zero-order chi connectivity index (χ0) is 9.26. The van der Waals surface area contributed by atoms with Gasteiger partial charge in [-0.2, -0.15) is 9.90 Å². The molecule has 5 heteroatoms. The van der Waals surface area contributed by atoms with Gasteiger partial charge in [0.25, 0.3) is 0 Å². The minimum absolute atomic E-state index is 0.269. The molecule has 3 nitrogen and oxygen atoms in total. The van der Waals surface area contributed by atoms with Crippen molar-refractivity contribution in [2.75, 3.05) is 0 Å². The lowest BCUT2D eigenvalue weighted by molar-refractivity contribution is 0.626. The highest BCUT2D eigenvalue weighted by atomic mass is 79.9. The number of halogens is 2. The Hall–Kier alpha value is -1.23. The molecule has 0 fully saturated rings. The smallest absolute Gasteiger partial charge is 0.148 e. The van der Waals surface area contributed by atoms with Crippen LogP contribution in [-0.2, 0) is 0 Å². The predicted octanol–water partition coefficient (Wildman–Crippen LogP) is 2.17. The Bertz CT molecular complexity index is 410. The van der Waals surface area contributed by atoms with Crippen molar-refractivity contribution < 1.29 is 4.39 Å². The van der Waals surface area contributed by atoms with Gasteiger partial charge in [-0.3, -0.25) is 0 Å². The van der Waals surface area contributed by atoms with Gasteiger partial charge in [-0.25, -0.2) is 4.39 Å². The van der Waals surface area contributed by atoms with Gasteiger partial charge in [0.15, 0.2) is 0 Å². The Kier molecular flexibility index (Phi) is 2.10. The van der Waals surface area contributed by atoms with Crippen LogP contribution in [0.1, 0.15) is 0 Å². The Balaban J connectivity index is 2.41. The molecule has 13 heavy (non-hydrogen) atoms. The normalized spacial score (nSPS) is 10.3. The first-order valence-corrected chi connectivity index (χ1v) is 4.39. The maximum Gasteiger partial charge on any atom is 0.148 e. The molecule has 2 rings (SSSR count). The summed E-state index contributed by atoms with van der Waals surface area (Å²) in [4.78, 5) is 1.42. The Labute approximate surface area is 82.3 Å². The van der Waals surface area contributed by atoms with E-state index in [-0.39, 0.29) is 5.82 Å². The molecule has 66 valence electrons. The van der Waals surface area contributed by atoms with E-state index in [0.717, 1.165) is 5.69 Å². The van der Waals surface area contributed by atoms with Crippen LogP contribution in [0.4, 0.5) is 4.39 Å². The van der Waals surface area contributed by atoms with Gasteiger partial charge >= 0.3 is 0 Å². The summed E-state index contributed by atoms with van der Waals surface area (Å²) in [6, 6.07) is 5.96. The molecule has 0 aliphatic rings. The summed E-state index contributed by atoms with van der Waals surface area (Å²) >= 11 is 3.18. The van der Waals surface area contributed by atoms with Gasteiger partial charge < -0.3 is 0 Å². The van der Waals surface area contributed by atoms with Gasteiger partial charge in [0.05, 0.1) is 11.9 Å². The molecule has 0 atom stereocenters. The number of benzene rings is 1. The summed E-state index contributed by atoms with van der Waals surface area (Å²) in [6.07, 6.45) is 1.57. The van der Waals surface area contributed by atoms with Crippen molar-refractivity contribution in [1.29, 1.82) is 0 Å². The monoisotopic (exact) mass is 241 g/mol. The van der Waals surface area contributed by atoms with Crippen LogP contribution in [0.15, 0.2) is 35.1 Å². The second-order valence-electron chi connectivity index (χ2n) is 2.43. The zero-order valence-electron chi connectivity index (χ0n) is 6.48. The fourth-order valence-electron chi connectivity index (χ4n) is 0.943. The van der Waals surface area contributed by atoms with Crippen LogP contribution in [0.5, 0.6) is 0 Å². The summed E-state index contributed by atoms with van der Waals surface area (Å²) in [5.41, 5.74) is 0.729. The van der Waals surface area contributed by atoms with Gasteiger partial charge in [0.1, 0.15) is 10.4 Å². The van der Waals surface area contributed by atoms with Gasteiger partial charge in [-0.05, 0) is 40.2 Å². The van der Waals surface area contributed by atoms with E-state index >= 15 is 0 Å². The van der Waals surface area contributed by atoms with Crippen molar-refractivity contribution in [3.8, 4) is 5.69 Å². The molecule has 1 aromatic heterocycles. The average molecular weight is 242 g/mol. The lowest BCUT2D eigenvalue weighted by atomic mass is 10.3. The highest BCUT2D eigenvalue weighted by Gasteiger charge is 1.99. The van der Waals surface area contributed by atoms with Crippen molar-refractivity contribution in [3.05, 3.63) is 40.9 Å². The molecular formula is C8H5BrFN3. The lowest BCUT2D eigenvalue weighted by Crippen LogP contribution is -1.97. The van der Waals surface area contributed by atoms with E-state index in [1.54, 1.807) is 18.3 Å². The number of aromatic nitrogens is 3. The predicted molar refractivity (Wildman–Crippen MR) is 49.0 cm³/mol. The van der Waals surface area contributed by atoms with Gasteiger partial charge in [0.2, 0.25) is 0 Å². The van der Waals surface area contributed by atoms with E-state index < -0.39 is 0 Å². The summed E-state index contributed by atoms with van der Waals surface area (Å²) in [6.45, 7) is 0. The summed E-state index contributed by atoms with van der Waals surface area (Å²) in [7, 11) is 0. The Morgan fingerprint density at radius 2 is 1.92 bits per heavy atom. The number of hydrogen-bond donors (Lipinski definition) is 0. The minimum atomic E-state index is -0.269. The summed E-state index contributed by atoms with van der Waals surface area (Å²) < 4.78 is 13.2. The standard InChI is InChI=1S/C8H5BrFN3/c9-8-5-11-13(12-8)7-3-1-6(10)2-4-7/h1-5H. The van der Waals surface area contributed by atoms with Crippen LogP contribution in [-0.4, -0.2) is 15.0 Å². The third-order valence-corrected chi connectivity index (χ3v) is 1.88. The van der Waals surface area contributed by atoms with Crippen molar-refractivity contribution in [2.24, 2.45) is 0 Å². The molecule has 2 aromatic rings. The Morgan fingerprint density at radius 1 is 1.23 bits per heavy atom. The summed E-state index contributed by atoms with van der Waals surface area (Å²) in [5.74, 6) is -0.269. The van der Waals surface area contributed by atoms with E-state index in [1.807, 2.05) is 0 Å². The third kappa shape index (κ3) is 1.75. The highest BCUT2D eigenvalue weighted by molar-refractivity contribution is 9.10. The maximum absolute atomic E-state index is 12.5. The molecule has 0 aliphatic carbocycles. The minimum Gasteiger partial charge on any atom is -0.207 e. The molecule has 0 spiro atoms. The molecule has 0 radical (unpaired) electrons. The first-order chi connectivity index (χ1) is 6.25. The largest absolute Gasteiger partial charge is 0.207 e. The zero-order valence-corrected chi connectivity index (χ0v) is 8.07. The highest BCUT2D eigenvalue weighted by Crippen LogP contribution is 2.08. The molecule has 0 saturated heterocycles. The fraction of sp³-hybridized carbons (Fsp3) is 0. The molecule has 0 saturated carbocycles. The van der Waals surface area contributed by atoms with Crippen LogP contribution in [0.2, 0.25) is 0 Å². The molecule has 0 unspecified atom stereocenters. The van der Waals surface area contributed by atoms with Crippen LogP contribution in [0.25, 0.3) is 5.69 Å². The van der Waals surface area contributed by atoms with Gasteiger partial charge in [-0.1, -0.05) is 0 Å². The van der Waals surface area contributed by atoms with Crippen LogP contribution in [0.3, 0.4) is 0 Å². The molecule has 1 heterocycles. The molecule has 0 N–H and O–H groups in total. The van der Waals surface area contributed by atoms with E-state index in [1.165, 1.54) is 16.9 Å². The third-order valence-electron chi connectivity index (χ3n) is 1.52. The van der Waals surface area contributed by atoms with Crippen molar-refractivity contribution in [1.82, 2.24) is 15.0 Å². The quantitative estimate of drug-likeness (QED) is 0.767. The van der Waals surface area contributed by atoms with Crippen LogP contribution in [0, 0.1) is 5.82 Å². The second-order valence-corrected chi connectivity index (χ2v) is 3.25. The van der Waals surface area contributed by atoms with Crippen LogP contribution < -0.4 is 0 Å². The molecule has 0 bridgehead atoms. The topological polar surface area (TPSA) is 30.7 Å². The van der Waals surface area contributed by atoms with Crippen molar-refractivity contribution in [3.63, 3.8) is 0 Å². The molecular weight excluding hydrogens is 237 g/mol. The van der Waals surface area contributed by atoms with E-state index in [2.05, 4.69) is 26.1 Å². The lowest BCUT2D eigenvalue weighted by Gasteiger charge is -1.97. The Morgan fingerprint density at radius 3 is 2.46 bits per heavy atom. The van der Waals surface area contributed by atoms with Crippen LogP contribution >= 0.6 is 15.9 Å². The summed E-state index contributed by atoms with van der Waals surface area (Å²) in [5, 5.41) is 7.96. The second kappa shape index (κ2) is 3.26. The fourth-order valence-corrected chi connectivity index (χ4v) is 1.19. The average Bonchev–Trinajstić information content (AvgIpc) is 2.53. The maximum atomic E-state index is 12.5. The number of rotatable bonds is 1. The number of hydrogen-bond acceptors (Lipinski definition) is 2.